The third-order valence-electron chi connectivity index (χ3n) is 6.84. The Hall–Kier alpha value is -2.17. The molecule has 0 radical (unpaired) electrons. The number of likely N-dealkylation sites (tertiary alicyclic amines) is 1. The Morgan fingerprint density at radius 1 is 0.765 bits per heavy atom. The van der Waals surface area contributed by atoms with Gasteiger partial charge in [0.1, 0.15) is 0 Å². The van der Waals surface area contributed by atoms with Crippen molar-refractivity contribution >= 4 is 29.4 Å². The van der Waals surface area contributed by atoms with Crippen molar-refractivity contribution in [3.05, 3.63) is 108 Å². The molecule has 0 bridgehead atoms. The lowest BCUT2D eigenvalue weighted by Crippen LogP contribution is -2.47. The van der Waals surface area contributed by atoms with Gasteiger partial charge in [-0.1, -0.05) is 97.9 Å². The van der Waals surface area contributed by atoms with Crippen LogP contribution in [0.5, 0.6) is 0 Å². The normalized spacial score (nSPS) is 20.6. The van der Waals surface area contributed by atoms with Crippen molar-refractivity contribution < 1.29 is 4.79 Å². The smallest absolute Gasteiger partial charge is 0.227 e. The molecule has 4 heteroatoms. The highest BCUT2D eigenvalue weighted by Gasteiger charge is 2.51. The largest absolute Gasteiger partial charge is 0.333 e. The van der Waals surface area contributed by atoms with Crippen LogP contribution in [-0.4, -0.2) is 27.3 Å². The minimum Gasteiger partial charge on any atom is -0.333 e. The Balaban J connectivity index is 1.51. The molecule has 3 atom stereocenters. The van der Waals surface area contributed by atoms with Gasteiger partial charge in [-0.3, -0.25) is 4.79 Å². The zero-order valence-corrected chi connectivity index (χ0v) is 22.0. The fourth-order valence-corrected chi connectivity index (χ4v) is 7.56. The maximum atomic E-state index is 13.8. The average molecular weight is 490 g/mol. The molecule has 0 N–H and O–H groups in total. The number of carbonyl (C=O) groups is 1. The number of carbonyl (C=O) groups excluding carboxylic acids is 1. The zero-order chi connectivity index (χ0) is 24.0. The van der Waals surface area contributed by atoms with Crippen molar-refractivity contribution in [3.8, 4) is 0 Å². The first-order chi connectivity index (χ1) is 16.5. The molecule has 1 amide bonds. The molecule has 1 aliphatic heterocycles. The van der Waals surface area contributed by atoms with E-state index in [0.29, 0.717) is 18.4 Å². The second-order valence-electron chi connectivity index (χ2n) is 9.74. The number of thioether (sulfide) groups is 2. The molecule has 178 valence electrons. The first-order valence-corrected chi connectivity index (χ1v) is 14.2. The van der Waals surface area contributed by atoms with E-state index in [2.05, 4.69) is 111 Å². The van der Waals surface area contributed by atoms with Crippen LogP contribution in [0, 0.1) is 11.8 Å². The van der Waals surface area contributed by atoms with Gasteiger partial charge in [0.05, 0.1) is 5.92 Å². The van der Waals surface area contributed by atoms with Gasteiger partial charge in [0.2, 0.25) is 5.91 Å². The molecule has 0 aromatic heterocycles. The lowest BCUT2D eigenvalue weighted by atomic mass is 9.86. The first kappa shape index (κ1) is 24.9. The highest BCUT2D eigenvalue weighted by molar-refractivity contribution is 8.00. The van der Waals surface area contributed by atoms with Gasteiger partial charge >= 0.3 is 0 Å². The first-order valence-electron chi connectivity index (χ1n) is 12.1. The number of amides is 1. The van der Waals surface area contributed by atoms with E-state index < -0.39 is 0 Å². The van der Waals surface area contributed by atoms with Crippen LogP contribution in [0.4, 0.5) is 0 Å². The van der Waals surface area contributed by atoms with E-state index in [1.54, 1.807) is 0 Å². The summed E-state index contributed by atoms with van der Waals surface area (Å²) in [5.41, 5.74) is 3.86. The second kappa shape index (κ2) is 11.5. The average Bonchev–Trinajstić information content (AvgIpc) is 3.09. The SMILES string of the molecule is C[C@@H]1C(C(C)(C)SCc2ccccc2)N(Cc2ccccc2)C(=O)[C@@H]1CSCc1ccccc1. The van der Waals surface area contributed by atoms with E-state index in [1.165, 1.54) is 16.7 Å². The van der Waals surface area contributed by atoms with Gasteiger partial charge in [0.25, 0.3) is 0 Å². The summed E-state index contributed by atoms with van der Waals surface area (Å²) in [6.07, 6.45) is 0. The molecule has 3 aromatic carbocycles. The molecule has 2 nitrogen and oxygen atoms in total. The van der Waals surface area contributed by atoms with Crippen molar-refractivity contribution in [1.29, 1.82) is 0 Å². The quantitative estimate of drug-likeness (QED) is 0.298. The molecule has 3 aromatic rings. The molecule has 4 rings (SSSR count). The lowest BCUT2D eigenvalue weighted by Gasteiger charge is -2.40. The molecule has 1 heterocycles. The Labute approximate surface area is 213 Å². The lowest BCUT2D eigenvalue weighted by molar-refractivity contribution is -0.132. The molecule has 34 heavy (non-hydrogen) atoms. The predicted molar refractivity (Wildman–Crippen MR) is 148 cm³/mol. The Bertz CT molecular complexity index is 1040. The summed E-state index contributed by atoms with van der Waals surface area (Å²) in [5.74, 6) is 3.45. The molecule has 1 fully saturated rings. The summed E-state index contributed by atoms with van der Waals surface area (Å²) in [6, 6.07) is 31.9. The summed E-state index contributed by atoms with van der Waals surface area (Å²) in [4.78, 5) is 16.0. The van der Waals surface area contributed by atoms with E-state index in [-0.39, 0.29) is 16.7 Å². The number of rotatable bonds is 10. The summed E-state index contributed by atoms with van der Waals surface area (Å²) in [6.45, 7) is 7.63. The van der Waals surface area contributed by atoms with Crippen LogP contribution in [0.25, 0.3) is 0 Å². The third-order valence-corrected chi connectivity index (χ3v) is 9.43. The molecule has 0 spiro atoms. The molecule has 0 aliphatic carbocycles. The number of benzene rings is 3. The van der Waals surface area contributed by atoms with Crippen LogP contribution in [0.2, 0.25) is 0 Å². The minimum atomic E-state index is -0.0570. The van der Waals surface area contributed by atoms with Crippen LogP contribution in [0.3, 0.4) is 0 Å². The van der Waals surface area contributed by atoms with Crippen LogP contribution in [0.15, 0.2) is 91.0 Å². The zero-order valence-electron chi connectivity index (χ0n) is 20.4. The topological polar surface area (TPSA) is 20.3 Å². The van der Waals surface area contributed by atoms with Crippen LogP contribution in [-0.2, 0) is 22.8 Å². The van der Waals surface area contributed by atoms with E-state index in [4.69, 9.17) is 0 Å². The molecular weight excluding hydrogens is 454 g/mol. The second-order valence-corrected chi connectivity index (χ2v) is 12.4. The number of hydrogen-bond acceptors (Lipinski definition) is 3. The van der Waals surface area contributed by atoms with Gasteiger partial charge in [-0.2, -0.15) is 11.8 Å². The summed E-state index contributed by atoms with van der Waals surface area (Å²) in [7, 11) is 0. The number of hydrogen-bond donors (Lipinski definition) is 0. The molecule has 1 unspecified atom stereocenters. The Morgan fingerprint density at radius 2 is 1.26 bits per heavy atom. The van der Waals surface area contributed by atoms with Crippen molar-refractivity contribution in [1.82, 2.24) is 4.90 Å². The molecule has 1 saturated heterocycles. The fraction of sp³-hybridized carbons (Fsp3) is 0.367. The van der Waals surface area contributed by atoms with Gasteiger partial charge in [-0.25, -0.2) is 0 Å². The van der Waals surface area contributed by atoms with E-state index in [9.17, 15) is 4.79 Å². The summed E-state index contributed by atoms with van der Waals surface area (Å²) >= 11 is 3.86. The van der Waals surface area contributed by atoms with Gasteiger partial charge in [0, 0.05) is 34.6 Å². The van der Waals surface area contributed by atoms with Crippen molar-refractivity contribution in [2.24, 2.45) is 11.8 Å². The van der Waals surface area contributed by atoms with Crippen molar-refractivity contribution in [2.45, 2.75) is 49.6 Å². The minimum absolute atomic E-state index is 0.0547. The monoisotopic (exact) mass is 489 g/mol. The van der Waals surface area contributed by atoms with Crippen LogP contribution in [0.1, 0.15) is 37.5 Å². The van der Waals surface area contributed by atoms with Gasteiger partial charge < -0.3 is 4.90 Å². The van der Waals surface area contributed by atoms with E-state index in [1.807, 2.05) is 29.6 Å². The van der Waals surface area contributed by atoms with E-state index >= 15 is 0 Å². The Kier molecular flexibility index (Phi) is 8.44. The summed E-state index contributed by atoms with van der Waals surface area (Å²) in [5, 5.41) is 0. The Morgan fingerprint density at radius 3 is 1.82 bits per heavy atom. The third kappa shape index (κ3) is 6.09. The van der Waals surface area contributed by atoms with Gasteiger partial charge in [0.15, 0.2) is 0 Å². The fourth-order valence-electron chi connectivity index (χ4n) is 5.07. The van der Waals surface area contributed by atoms with Gasteiger partial charge in [-0.15, -0.1) is 11.8 Å². The predicted octanol–water partition coefficient (Wildman–Crippen LogP) is 7.30. The maximum absolute atomic E-state index is 13.8. The highest BCUT2D eigenvalue weighted by Crippen LogP contribution is 2.45. The van der Waals surface area contributed by atoms with Gasteiger partial charge in [-0.05, 0) is 36.5 Å². The maximum Gasteiger partial charge on any atom is 0.227 e. The van der Waals surface area contributed by atoms with Crippen molar-refractivity contribution in [2.75, 3.05) is 5.75 Å². The standard InChI is InChI=1S/C30H35NOS2/c1-23-27(22-33-20-25-15-9-5-10-16-25)29(32)31(19-24-13-7-4-8-14-24)28(23)30(2,3)34-21-26-17-11-6-12-18-26/h4-18,23,27-28H,19-22H2,1-3H3/t23-,27+,28?/m0/s1. The van der Waals surface area contributed by atoms with E-state index in [0.717, 1.165) is 17.3 Å². The van der Waals surface area contributed by atoms with Crippen molar-refractivity contribution in [3.63, 3.8) is 0 Å². The molecule has 0 saturated carbocycles. The van der Waals surface area contributed by atoms with Crippen LogP contribution < -0.4 is 0 Å². The summed E-state index contributed by atoms with van der Waals surface area (Å²) < 4.78 is -0.0570. The number of nitrogens with zero attached hydrogens (tertiary/aromatic N) is 1. The van der Waals surface area contributed by atoms with Crippen LogP contribution >= 0.6 is 23.5 Å². The molecular formula is C30H35NOS2. The molecule has 1 aliphatic rings. The highest BCUT2D eigenvalue weighted by atomic mass is 32.2.